The van der Waals surface area contributed by atoms with Crippen LogP contribution in [0.5, 0.6) is 11.5 Å². The largest absolute Gasteiger partial charge is 0.496 e. The van der Waals surface area contributed by atoms with Gasteiger partial charge in [0.25, 0.3) is 5.91 Å². The second-order valence-corrected chi connectivity index (χ2v) is 17.9. The van der Waals surface area contributed by atoms with Gasteiger partial charge in [0.1, 0.15) is 22.6 Å². The molecule has 0 aliphatic heterocycles. The Labute approximate surface area is 334 Å². The molecule has 306 valence electrons. The predicted molar refractivity (Wildman–Crippen MR) is 223 cm³/mol. The van der Waals surface area contributed by atoms with Crippen molar-refractivity contribution in [1.82, 2.24) is 25.3 Å². The summed E-state index contributed by atoms with van der Waals surface area (Å²) in [5.74, 6) is 1.91. The quantitative estimate of drug-likeness (QED) is 0.108. The molecule has 0 radical (unpaired) electrons. The predicted octanol–water partition coefficient (Wildman–Crippen LogP) is 7.31. The van der Waals surface area contributed by atoms with Crippen molar-refractivity contribution in [2.45, 2.75) is 96.6 Å². The summed E-state index contributed by atoms with van der Waals surface area (Å²) >= 11 is 0. The van der Waals surface area contributed by atoms with Crippen LogP contribution in [0, 0.1) is 23.7 Å². The van der Waals surface area contributed by atoms with Crippen LogP contribution in [0.3, 0.4) is 0 Å². The van der Waals surface area contributed by atoms with E-state index in [0.717, 1.165) is 81.6 Å². The number of nitrogens with zero attached hydrogens (tertiary/aromatic N) is 4. The number of ether oxygens (including phenoxy) is 3. The molecule has 1 amide bonds. The number of carbonyl (C=O) groups is 2. The minimum absolute atomic E-state index is 0.0317. The van der Waals surface area contributed by atoms with E-state index < -0.39 is 11.1 Å². The second-order valence-electron chi connectivity index (χ2n) is 17.9. The molecule has 11 nitrogen and oxygen atoms in total. The first-order valence-corrected chi connectivity index (χ1v) is 20.7. The zero-order chi connectivity index (χ0) is 40.4. The summed E-state index contributed by atoms with van der Waals surface area (Å²) in [6, 6.07) is 14.0. The number of nitrogens with one attached hydrogen (secondary N) is 2. The molecule has 7 rings (SSSR count). The highest BCUT2D eigenvalue weighted by Gasteiger charge is 2.63. The van der Waals surface area contributed by atoms with E-state index >= 15 is 0 Å². The van der Waals surface area contributed by atoms with Gasteiger partial charge in [-0.2, -0.15) is 5.10 Å². The van der Waals surface area contributed by atoms with Crippen LogP contribution in [0.1, 0.15) is 102 Å². The van der Waals surface area contributed by atoms with Gasteiger partial charge in [0.15, 0.2) is 5.69 Å². The first-order valence-electron chi connectivity index (χ1n) is 20.7. The van der Waals surface area contributed by atoms with Gasteiger partial charge in [-0.15, -0.1) is 0 Å². The molecular weight excluding hydrogens is 705 g/mol. The lowest BCUT2D eigenvalue weighted by molar-refractivity contribution is -0.180. The van der Waals surface area contributed by atoms with E-state index in [9.17, 15) is 9.59 Å². The number of amides is 1. The molecule has 4 bridgehead atoms. The Balaban J connectivity index is 1.38. The Kier molecular flexibility index (Phi) is 12.7. The van der Waals surface area contributed by atoms with Crippen molar-refractivity contribution in [3.63, 3.8) is 0 Å². The van der Waals surface area contributed by atoms with Crippen molar-refractivity contribution < 1.29 is 23.8 Å². The number of benzene rings is 2. The van der Waals surface area contributed by atoms with Gasteiger partial charge >= 0.3 is 5.97 Å². The van der Waals surface area contributed by atoms with E-state index in [1.165, 1.54) is 6.42 Å². The average molecular weight is 771 g/mol. The Morgan fingerprint density at radius 3 is 2.11 bits per heavy atom. The maximum Gasteiger partial charge on any atom is 0.332 e. The monoisotopic (exact) mass is 771 g/mol. The fourth-order valence-corrected chi connectivity index (χ4v) is 9.87. The average Bonchev–Trinajstić information content (AvgIpc) is 3.59. The van der Waals surface area contributed by atoms with Crippen LogP contribution in [-0.4, -0.2) is 99.2 Å². The Morgan fingerprint density at radius 1 is 0.911 bits per heavy atom. The van der Waals surface area contributed by atoms with Gasteiger partial charge in [0.2, 0.25) is 0 Å². The van der Waals surface area contributed by atoms with E-state index in [1.54, 1.807) is 14.2 Å². The van der Waals surface area contributed by atoms with E-state index in [4.69, 9.17) is 19.3 Å². The topological polar surface area (TPSA) is 110 Å². The van der Waals surface area contributed by atoms with Crippen molar-refractivity contribution in [3.05, 3.63) is 53.7 Å². The normalized spacial score (nSPS) is 22.8. The summed E-state index contributed by atoms with van der Waals surface area (Å²) in [7, 11) is 9.60. The van der Waals surface area contributed by atoms with Crippen LogP contribution in [-0.2, 0) is 9.53 Å². The maximum absolute atomic E-state index is 14.8. The molecule has 3 aromatic rings. The lowest BCUT2D eigenvalue weighted by Gasteiger charge is -2.59. The highest BCUT2D eigenvalue weighted by atomic mass is 16.6. The summed E-state index contributed by atoms with van der Waals surface area (Å²) in [5, 5.41) is 11.7. The summed E-state index contributed by atoms with van der Waals surface area (Å²) in [5.41, 5.74) is 2.86. The lowest BCUT2D eigenvalue weighted by atomic mass is 9.48. The number of esters is 1. The van der Waals surface area contributed by atoms with E-state index in [0.29, 0.717) is 34.6 Å². The van der Waals surface area contributed by atoms with E-state index in [2.05, 4.69) is 66.6 Å². The van der Waals surface area contributed by atoms with Crippen molar-refractivity contribution in [2.75, 3.05) is 66.4 Å². The zero-order valence-corrected chi connectivity index (χ0v) is 35.5. The fraction of sp³-hybridized carbons (Fsp3) is 0.622. The molecule has 4 fully saturated rings. The maximum atomic E-state index is 14.8. The first kappa shape index (κ1) is 41.5. The molecule has 0 unspecified atom stereocenters. The van der Waals surface area contributed by atoms with Gasteiger partial charge in [0, 0.05) is 19.3 Å². The smallest absolute Gasteiger partial charge is 0.332 e. The van der Waals surface area contributed by atoms with Crippen molar-refractivity contribution in [3.8, 4) is 28.4 Å². The molecular formula is C45H66N6O5. The number of carbonyl (C=O) groups excluding carboxylic acids is 2. The summed E-state index contributed by atoms with van der Waals surface area (Å²) < 4.78 is 19.8. The van der Waals surface area contributed by atoms with E-state index in [-0.39, 0.29) is 35.3 Å². The Hall–Kier alpha value is -4.09. The third-order valence-electron chi connectivity index (χ3n) is 12.4. The molecule has 4 saturated carbocycles. The third kappa shape index (κ3) is 8.59. The number of methoxy groups -OCH3 is 2. The number of rotatable bonds is 17. The molecule has 4 aliphatic carbocycles. The first-order chi connectivity index (χ1) is 26.7. The molecule has 0 spiro atoms. The van der Waals surface area contributed by atoms with Gasteiger partial charge in [-0.3, -0.25) is 4.79 Å². The van der Waals surface area contributed by atoms with Crippen LogP contribution in [0.2, 0.25) is 0 Å². The molecule has 56 heavy (non-hydrogen) atoms. The molecule has 2 aromatic carbocycles. The second kappa shape index (κ2) is 17.2. The van der Waals surface area contributed by atoms with E-state index in [1.807, 2.05) is 56.8 Å². The number of hydrogen-bond donors (Lipinski definition) is 2. The summed E-state index contributed by atoms with van der Waals surface area (Å²) in [4.78, 5) is 33.8. The zero-order valence-electron chi connectivity index (χ0n) is 35.5. The van der Waals surface area contributed by atoms with Crippen LogP contribution < -0.4 is 25.0 Å². The highest BCUT2D eigenvalue weighted by molar-refractivity contribution is 5.98. The van der Waals surface area contributed by atoms with Crippen LogP contribution in [0.25, 0.3) is 16.9 Å². The third-order valence-corrected chi connectivity index (χ3v) is 12.4. The van der Waals surface area contributed by atoms with Gasteiger partial charge < -0.3 is 34.6 Å². The summed E-state index contributed by atoms with van der Waals surface area (Å²) in [6.07, 6.45) is 7.11. The molecule has 1 aromatic heterocycles. The minimum atomic E-state index is -1.10. The van der Waals surface area contributed by atoms with Crippen molar-refractivity contribution in [2.24, 2.45) is 23.7 Å². The minimum Gasteiger partial charge on any atom is -0.496 e. The van der Waals surface area contributed by atoms with Crippen molar-refractivity contribution in [1.29, 1.82) is 0 Å². The fourth-order valence-electron chi connectivity index (χ4n) is 9.87. The van der Waals surface area contributed by atoms with Crippen molar-refractivity contribution >= 4 is 17.6 Å². The van der Waals surface area contributed by atoms with Gasteiger partial charge in [0.05, 0.1) is 31.2 Å². The summed E-state index contributed by atoms with van der Waals surface area (Å²) in [6.45, 7) is 14.1. The Morgan fingerprint density at radius 2 is 1.54 bits per heavy atom. The van der Waals surface area contributed by atoms with Gasteiger partial charge in [-0.1, -0.05) is 19.9 Å². The van der Waals surface area contributed by atoms with Gasteiger partial charge in [-0.05, 0) is 171 Å². The SMILES string of the molecule is CNCCCN(C)CCCN(C)c1ccc(-n2nc(C(=O)NC3(C(=O)OC(C)(C)C)C4CC5CC(C4)CC3C5)cc2-c2c(OC)cccc2OC)c(C(C)C)c1. The van der Waals surface area contributed by atoms with Crippen LogP contribution in [0.4, 0.5) is 5.69 Å². The Bertz CT molecular complexity index is 1800. The molecule has 11 heteroatoms. The molecule has 1 heterocycles. The number of aromatic nitrogens is 2. The number of hydrogen-bond acceptors (Lipinski definition) is 9. The highest BCUT2D eigenvalue weighted by Crippen LogP contribution is 2.59. The van der Waals surface area contributed by atoms with Crippen LogP contribution in [0.15, 0.2) is 42.5 Å². The molecule has 0 atom stereocenters. The van der Waals surface area contributed by atoms with Gasteiger partial charge in [-0.25, -0.2) is 9.48 Å². The van der Waals surface area contributed by atoms with Crippen LogP contribution >= 0.6 is 0 Å². The molecule has 0 saturated heterocycles. The molecule has 4 aliphatic rings. The lowest BCUT2D eigenvalue weighted by Crippen LogP contribution is -2.71. The number of anilines is 1. The molecule has 2 N–H and O–H groups in total. The standard InChI is InChI=1S/C45H66N6O5/c1-29(2)35-27-34(50(8)21-13-20-49(7)19-12-18-46-6)16-17-37(35)51-38(41-39(54-9)14-11-15-40(41)55-10)28-36(48-51)42(52)47-45(43(53)56-44(3,4)5)32-23-30-22-31(25-32)26-33(45)24-30/h11,14-17,27-33,46H,12-13,18-26H2,1-10H3,(H,47,52).